The molecule has 2 rings (SSSR count). The van der Waals surface area contributed by atoms with E-state index in [1.54, 1.807) is 0 Å². The average molecular weight is 170 g/mol. The first-order chi connectivity index (χ1) is 5.12. The summed E-state index contributed by atoms with van der Waals surface area (Å²) in [5, 5.41) is 1.03. The molecule has 0 N–H and O–H groups in total. The molecule has 0 aromatic heterocycles. The summed E-state index contributed by atoms with van der Waals surface area (Å²) < 4.78 is 0.728. The smallest absolute Gasteiger partial charge is 0.0254 e. The Kier molecular flexibility index (Phi) is 1.75. The van der Waals surface area contributed by atoms with Crippen molar-refractivity contribution in [3.05, 3.63) is 0 Å². The van der Waals surface area contributed by atoms with Crippen LogP contribution in [0, 0.1) is 11.8 Å². The number of rotatable bonds is 1. The Labute approximate surface area is 74.1 Å². The van der Waals surface area contributed by atoms with Crippen LogP contribution in [0.25, 0.3) is 0 Å². The molecule has 1 saturated carbocycles. The second-order valence-corrected chi connectivity index (χ2v) is 6.43. The highest BCUT2D eigenvalue weighted by molar-refractivity contribution is 8.08. The molecule has 1 saturated heterocycles. The van der Waals surface area contributed by atoms with Crippen molar-refractivity contribution in [1.82, 2.24) is 0 Å². The number of hydrogen-bond acceptors (Lipinski definition) is 1. The third kappa shape index (κ3) is 1.32. The van der Waals surface area contributed by atoms with Gasteiger partial charge in [-0.15, -0.1) is 11.8 Å². The molecule has 1 aliphatic carbocycles. The van der Waals surface area contributed by atoms with Gasteiger partial charge in [-0.05, 0) is 38.0 Å². The Morgan fingerprint density at radius 1 is 1.45 bits per heavy atom. The predicted molar refractivity (Wildman–Crippen MR) is 52.0 cm³/mol. The molecule has 64 valence electrons. The van der Waals surface area contributed by atoms with Crippen LogP contribution < -0.4 is 0 Å². The summed E-state index contributed by atoms with van der Waals surface area (Å²) in [5.41, 5.74) is 0. The zero-order valence-corrected chi connectivity index (χ0v) is 8.58. The molecule has 0 nitrogen and oxygen atoms in total. The van der Waals surface area contributed by atoms with Crippen molar-refractivity contribution >= 4 is 11.8 Å². The molecule has 0 aromatic carbocycles. The molecule has 11 heavy (non-hydrogen) atoms. The minimum absolute atomic E-state index is 0.728. The Morgan fingerprint density at radius 2 is 2.18 bits per heavy atom. The normalized spacial score (nSPS) is 49.1. The molecule has 2 fully saturated rings. The van der Waals surface area contributed by atoms with Crippen molar-refractivity contribution < 1.29 is 0 Å². The number of hydrogen-bond donors (Lipinski definition) is 0. The second-order valence-electron chi connectivity index (χ2n) is 4.70. The summed E-state index contributed by atoms with van der Waals surface area (Å²) in [6.07, 6.45) is 4.46. The number of thioether (sulfide) groups is 1. The van der Waals surface area contributed by atoms with Gasteiger partial charge >= 0.3 is 0 Å². The maximum Gasteiger partial charge on any atom is 0.0254 e. The van der Waals surface area contributed by atoms with Crippen LogP contribution in [0.2, 0.25) is 0 Å². The molecule has 1 aliphatic heterocycles. The molecule has 0 radical (unpaired) electrons. The van der Waals surface area contributed by atoms with Crippen molar-refractivity contribution in [3.63, 3.8) is 0 Å². The third-order valence-electron chi connectivity index (χ3n) is 3.51. The van der Waals surface area contributed by atoms with Gasteiger partial charge in [0, 0.05) is 10.00 Å². The largest absolute Gasteiger partial charge is 0.149 e. The summed E-state index contributed by atoms with van der Waals surface area (Å²) in [4.78, 5) is 0. The van der Waals surface area contributed by atoms with Crippen molar-refractivity contribution in [2.45, 2.75) is 50.0 Å². The molecule has 3 unspecified atom stereocenters. The monoisotopic (exact) mass is 170 g/mol. The standard InChI is InChI=1S/C10H18S/c1-7(2)8-4-5-10(3)9(6-8)11-10/h7-9H,4-6H2,1-3H3. The van der Waals surface area contributed by atoms with E-state index in [1.165, 1.54) is 19.3 Å². The lowest BCUT2D eigenvalue weighted by Crippen LogP contribution is -2.23. The van der Waals surface area contributed by atoms with Crippen LogP contribution in [0.15, 0.2) is 0 Å². The van der Waals surface area contributed by atoms with Crippen LogP contribution in [0.4, 0.5) is 0 Å². The molecular formula is C10H18S. The quantitative estimate of drug-likeness (QED) is 0.544. The highest BCUT2D eigenvalue weighted by atomic mass is 32.2. The van der Waals surface area contributed by atoms with Gasteiger partial charge in [-0.2, -0.15) is 0 Å². The van der Waals surface area contributed by atoms with Gasteiger partial charge in [-0.1, -0.05) is 13.8 Å². The number of fused-ring (bicyclic) bond motifs is 1. The minimum Gasteiger partial charge on any atom is -0.149 e. The van der Waals surface area contributed by atoms with Crippen molar-refractivity contribution in [3.8, 4) is 0 Å². The van der Waals surface area contributed by atoms with Gasteiger partial charge in [0.05, 0.1) is 0 Å². The Bertz CT molecular complexity index is 164. The third-order valence-corrected chi connectivity index (χ3v) is 5.28. The zero-order chi connectivity index (χ0) is 8.06. The van der Waals surface area contributed by atoms with Crippen LogP contribution in [-0.2, 0) is 0 Å². The van der Waals surface area contributed by atoms with Gasteiger partial charge in [-0.25, -0.2) is 0 Å². The molecule has 0 aromatic rings. The van der Waals surface area contributed by atoms with E-state index in [0.717, 1.165) is 21.8 Å². The van der Waals surface area contributed by atoms with Gasteiger partial charge in [-0.3, -0.25) is 0 Å². The van der Waals surface area contributed by atoms with Gasteiger partial charge in [0.15, 0.2) is 0 Å². The molecular weight excluding hydrogens is 152 g/mol. The van der Waals surface area contributed by atoms with Crippen molar-refractivity contribution in [1.29, 1.82) is 0 Å². The van der Waals surface area contributed by atoms with E-state index < -0.39 is 0 Å². The van der Waals surface area contributed by atoms with Gasteiger partial charge in [0.1, 0.15) is 0 Å². The highest BCUT2D eigenvalue weighted by Gasteiger charge is 2.54. The van der Waals surface area contributed by atoms with Crippen molar-refractivity contribution in [2.24, 2.45) is 11.8 Å². The maximum atomic E-state index is 2.44. The first-order valence-corrected chi connectivity index (χ1v) is 5.67. The first-order valence-electron chi connectivity index (χ1n) is 4.79. The molecule has 2 aliphatic rings. The fourth-order valence-electron chi connectivity index (χ4n) is 2.28. The highest BCUT2D eigenvalue weighted by Crippen LogP contribution is 2.62. The first kappa shape index (κ1) is 7.97. The topological polar surface area (TPSA) is 0 Å². The fraction of sp³-hybridized carbons (Fsp3) is 1.00. The molecule has 1 heterocycles. The van der Waals surface area contributed by atoms with Crippen molar-refractivity contribution in [2.75, 3.05) is 0 Å². The van der Waals surface area contributed by atoms with Crippen LogP contribution in [0.3, 0.4) is 0 Å². The Balaban J connectivity index is 1.93. The summed E-state index contributed by atoms with van der Waals surface area (Å²) in [6, 6.07) is 0. The molecule has 0 bridgehead atoms. The minimum atomic E-state index is 0.728. The van der Waals surface area contributed by atoms with Gasteiger partial charge in [0.25, 0.3) is 0 Å². The van der Waals surface area contributed by atoms with E-state index in [0.29, 0.717) is 0 Å². The van der Waals surface area contributed by atoms with E-state index in [2.05, 4.69) is 32.5 Å². The van der Waals surface area contributed by atoms with Crippen LogP contribution in [0.5, 0.6) is 0 Å². The summed E-state index contributed by atoms with van der Waals surface area (Å²) in [5.74, 6) is 1.95. The Hall–Kier alpha value is 0.350. The van der Waals surface area contributed by atoms with E-state index >= 15 is 0 Å². The van der Waals surface area contributed by atoms with Gasteiger partial charge < -0.3 is 0 Å². The second kappa shape index (κ2) is 2.42. The fourth-order valence-corrected chi connectivity index (χ4v) is 3.65. The molecule has 0 spiro atoms. The maximum absolute atomic E-state index is 2.44. The zero-order valence-electron chi connectivity index (χ0n) is 7.76. The predicted octanol–water partition coefficient (Wildman–Crippen LogP) is 3.32. The lowest BCUT2D eigenvalue weighted by molar-refractivity contribution is 0.280. The molecule has 0 amide bonds. The SMILES string of the molecule is CC(C)C1CCC2(C)SC2C1. The lowest BCUT2D eigenvalue weighted by Gasteiger charge is -2.26. The summed E-state index contributed by atoms with van der Waals surface area (Å²) in [7, 11) is 0. The van der Waals surface area contributed by atoms with Crippen LogP contribution in [0.1, 0.15) is 40.0 Å². The van der Waals surface area contributed by atoms with Gasteiger partial charge in [0.2, 0.25) is 0 Å². The van der Waals surface area contributed by atoms with Crippen LogP contribution >= 0.6 is 11.8 Å². The van der Waals surface area contributed by atoms with Crippen LogP contribution in [-0.4, -0.2) is 10.00 Å². The average Bonchev–Trinajstić information content (AvgIpc) is 2.58. The molecule has 3 atom stereocenters. The Morgan fingerprint density at radius 3 is 2.73 bits per heavy atom. The van der Waals surface area contributed by atoms with E-state index in [4.69, 9.17) is 0 Å². The van der Waals surface area contributed by atoms with E-state index in [-0.39, 0.29) is 0 Å². The van der Waals surface area contributed by atoms with E-state index in [1.807, 2.05) is 0 Å². The van der Waals surface area contributed by atoms with E-state index in [9.17, 15) is 0 Å². The summed E-state index contributed by atoms with van der Waals surface area (Å²) >= 11 is 2.22. The molecule has 1 heteroatoms. The lowest BCUT2D eigenvalue weighted by atomic mass is 9.78. The summed E-state index contributed by atoms with van der Waals surface area (Å²) in [6.45, 7) is 7.19.